The summed E-state index contributed by atoms with van der Waals surface area (Å²) in [5, 5.41) is 33.7. The molecule has 0 spiro atoms. The molecule has 0 aromatic carbocycles. The molecule has 8 N–H and O–H groups in total. The van der Waals surface area contributed by atoms with Crippen LogP contribution in [0.25, 0.3) is 0 Å². The molecule has 4 saturated carbocycles. The van der Waals surface area contributed by atoms with Crippen LogP contribution in [0.5, 0.6) is 0 Å². The summed E-state index contributed by atoms with van der Waals surface area (Å²) in [5.74, 6) is 5.74. The minimum atomic E-state index is 0. The maximum Gasteiger partial charge on any atom is 0.0628 e. The van der Waals surface area contributed by atoms with Crippen molar-refractivity contribution in [1.82, 2.24) is 42.5 Å². The molecule has 4 aliphatic carbocycles. The Hall–Kier alpha value is 0.199. The van der Waals surface area contributed by atoms with E-state index < -0.39 is 0 Å². The van der Waals surface area contributed by atoms with Gasteiger partial charge in [-0.3, -0.25) is 42.5 Å². The minimum absolute atomic E-state index is 0. The van der Waals surface area contributed by atoms with Crippen molar-refractivity contribution in [1.29, 1.82) is 0 Å². The van der Waals surface area contributed by atoms with E-state index in [4.69, 9.17) is 0 Å². The number of hydrogen-bond acceptors (Lipinski definition) is 8. The van der Waals surface area contributed by atoms with Crippen LogP contribution in [-0.4, -0.2) is 49.3 Å². The first kappa shape index (κ1) is 38.0. The van der Waals surface area contributed by atoms with Crippen molar-refractivity contribution < 1.29 is 17.1 Å². The van der Waals surface area contributed by atoms with Gasteiger partial charge in [-0.2, -0.15) is 6.42 Å². The fraction of sp³-hybridized carbons (Fsp3) is 0.861. The Morgan fingerprint density at radius 1 is 0.311 bits per heavy atom. The molecule has 8 nitrogen and oxygen atoms in total. The zero-order valence-electron chi connectivity index (χ0n) is 28.7. The molecule has 45 heavy (non-hydrogen) atoms. The summed E-state index contributed by atoms with van der Waals surface area (Å²) < 4.78 is 0. The summed E-state index contributed by atoms with van der Waals surface area (Å²) in [7, 11) is 0. The van der Waals surface area contributed by atoms with Crippen molar-refractivity contribution in [3.05, 3.63) is 36.1 Å². The van der Waals surface area contributed by atoms with Gasteiger partial charge in [0.15, 0.2) is 0 Å². The van der Waals surface area contributed by atoms with Gasteiger partial charge in [-0.05, 0) is 80.0 Å². The summed E-state index contributed by atoms with van der Waals surface area (Å²) >= 11 is 0. The summed E-state index contributed by atoms with van der Waals surface area (Å²) in [4.78, 5) is 0. The van der Waals surface area contributed by atoms with Gasteiger partial charge in [-0.25, -0.2) is 0 Å². The second kappa shape index (κ2) is 15.8. The van der Waals surface area contributed by atoms with E-state index in [0.717, 1.165) is 35.5 Å². The minimum Gasteiger partial charge on any atom is -0.358 e. The third-order valence-electron chi connectivity index (χ3n) is 13.6. The number of nitrogens with one attached hydrogen (secondary N) is 8. The molecular weight excluding hydrogens is 608 g/mol. The molecule has 9 fully saturated rings. The zero-order valence-corrected chi connectivity index (χ0v) is 29.7. The Kier molecular flexibility index (Phi) is 13.4. The smallest absolute Gasteiger partial charge is 0.0628 e. The van der Waals surface area contributed by atoms with E-state index in [1.807, 2.05) is 0 Å². The number of rotatable bonds is 0. The van der Waals surface area contributed by atoms with Gasteiger partial charge in [0.05, 0.1) is 43.2 Å². The van der Waals surface area contributed by atoms with Crippen molar-refractivity contribution >= 4 is 0 Å². The zero-order chi connectivity index (χ0) is 26.2. The van der Waals surface area contributed by atoms with Crippen LogP contribution in [0, 0.1) is 83.5 Å². The van der Waals surface area contributed by atoms with Gasteiger partial charge < -0.3 is 36.1 Å². The Balaban J connectivity index is 0.000000922. The maximum atomic E-state index is 4.25. The van der Waals surface area contributed by atoms with Gasteiger partial charge in [0.2, 0.25) is 0 Å². The average molecular weight is 676 g/mol. The van der Waals surface area contributed by atoms with Crippen LogP contribution in [-0.2, 0) is 17.1 Å². The third-order valence-corrected chi connectivity index (χ3v) is 13.6. The van der Waals surface area contributed by atoms with Crippen molar-refractivity contribution in [3.8, 4) is 0 Å². The van der Waals surface area contributed by atoms with Crippen molar-refractivity contribution in [3.63, 3.8) is 0 Å². The van der Waals surface area contributed by atoms with Gasteiger partial charge in [0.1, 0.15) is 0 Å². The van der Waals surface area contributed by atoms with Crippen LogP contribution in [0.3, 0.4) is 0 Å². The fourth-order valence-electron chi connectivity index (χ4n) is 11.7. The molecule has 5 aliphatic heterocycles. The first-order valence-corrected chi connectivity index (χ1v) is 17.7. The van der Waals surface area contributed by atoms with Crippen LogP contribution < -0.4 is 42.5 Å². The van der Waals surface area contributed by atoms with Crippen molar-refractivity contribution in [2.45, 2.75) is 146 Å². The summed E-state index contributed by atoms with van der Waals surface area (Å²) in [6.07, 6.45) is 26.4. The molecule has 5 saturated heterocycles. The van der Waals surface area contributed by atoms with E-state index in [-0.39, 0.29) is 46.8 Å². The molecule has 0 aromatic rings. The summed E-state index contributed by atoms with van der Waals surface area (Å²) in [6, 6.07) is 0. The second-order valence-electron chi connectivity index (χ2n) is 15.4. The monoisotopic (exact) mass is 674 g/mol. The molecular formula is C36H67CuN8-5. The molecule has 267 valence electrons. The molecule has 9 aliphatic rings. The molecule has 16 atom stereocenters. The Morgan fingerprint density at radius 2 is 0.556 bits per heavy atom. The maximum absolute atomic E-state index is 4.25. The first-order chi connectivity index (χ1) is 19.8. The van der Waals surface area contributed by atoms with Crippen LogP contribution in [0.1, 0.15) is 96.3 Å². The van der Waals surface area contributed by atoms with Gasteiger partial charge >= 0.3 is 0 Å². The Labute approximate surface area is 287 Å². The van der Waals surface area contributed by atoms with Gasteiger partial charge in [0.25, 0.3) is 0 Å². The molecule has 9 heteroatoms. The third kappa shape index (κ3) is 6.72. The van der Waals surface area contributed by atoms with E-state index in [0.29, 0.717) is 61.2 Å². The van der Waals surface area contributed by atoms with Crippen LogP contribution in [0.2, 0.25) is 0 Å². The average Bonchev–Trinajstić information content (AvgIpc) is 3.73. The van der Waals surface area contributed by atoms with Gasteiger partial charge in [-0.15, -0.1) is 5.92 Å². The van der Waals surface area contributed by atoms with Crippen LogP contribution >= 0.6 is 0 Å². The molecule has 1 radical (unpaired) electrons. The topological polar surface area (TPSA) is 96.2 Å². The molecule has 0 amide bonds. The summed E-state index contributed by atoms with van der Waals surface area (Å²) in [5.41, 5.74) is 0. The first-order valence-electron chi connectivity index (χ1n) is 17.7. The van der Waals surface area contributed by atoms with Gasteiger partial charge in [0, 0.05) is 23.2 Å². The second-order valence-corrected chi connectivity index (χ2v) is 15.4. The predicted molar refractivity (Wildman–Crippen MR) is 183 cm³/mol. The van der Waals surface area contributed by atoms with E-state index in [1.54, 1.807) is 0 Å². The standard InChI is InChI=1S/C32H55N8.4CH3.Cu/c1-2-10-18-17(9-1)25-33-26(18)38-28-21-13-5-6-14-22(21)30(35-28)40-32-24-16-8-7-15-23(24)31(36-32)39-29-20-12-4-3-11-19(20)27(34-29)37-25;;;;;/h9,17-40H,1-8,10-16H2;4*1H3;/q5*-1;. The van der Waals surface area contributed by atoms with E-state index in [2.05, 4.69) is 49.0 Å². The number of fused-ring (bicyclic) bond motifs is 20. The molecule has 0 aromatic heterocycles. The van der Waals surface area contributed by atoms with Crippen molar-refractivity contribution in [2.24, 2.45) is 47.3 Å². The van der Waals surface area contributed by atoms with Crippen LogP contribution in [0.15, 0.2) is 0 Å². The molecule has 16 unspecified atom stereocenters. The fourth-order valence-corrected chi connectivity index (χ4v) is 11.7. The molecule has 8 bridgehead atoms. The van der Waals surface area contributed by atoms with Crippen molar-refractivity contribution in [2.75, 3.05) is 0 Å². The van der Waals surface area contributed by atoms with E-state index >= 15 is 0 Å². The molecule has 5 heterocycles. The SMILES string of the molecule is [CH-]1CCCC2C3NC(NC4NC(NC5NC(NC6NC(N3)C3CCCCC63)C3CCCCC53)C3CCCCC43)C12.[CH3-].[CH3-].[CH3-].[CH3-].[Cu]. The summed E-state index contributed by atoms with van der Waals surface area (Å²) in [6.45, 7) is 0. The van der Waals surface area contributed by atoms with Gasteiger partial charge in [-0.1, -0.05) is 51.4 Å². The largest absolute Gasteiger partial charge is 0.358 e. The van der Waals surface area contributed by atoms with E-state index in [1.165, 1.54) is 96.3 Å². The Bertz CT molecular complexity index is 717. The normalized spacial score (nSPS) is 51.2. The Morgan fingerprint density at radius 3 is 0.867 bits per heavy atom. The van der Waals surface area contributed by atoms with Crippen LogP contribution in [0.4, 0.5) is 0 Å². The quantitative estimate of drug-likeness (QED) is 0.143. The predicted octanol–water partition coefficient (Wildman–Crippen LogP) is 4.22. The number of hydrogen-bond donors (Lipinski definition) is 8. The molecule has 9 rings (SSSR count). The van der Waals surface area contributed by atoms with E-state index in [9.17, 15) is 0 Å².